The van der Waals surface area contributed by atoms with Gasteiger partial charge in [-0.05, 0) is 37.8 Å². The van der Waals surface area contributed by atoms with Crippen LogP contribution in [0.15, 0.2) is 16.5 Å². The first-order chi connectivity index (χ1) is 10.1. The van der Waals surface area contributed by atoms with Crippen LogP contribution in [0.3, 0.4) is 0 Å². The third-order valence-electron chi connectivity index (χ3n) is 3.32. The van der Waals surface area contributed by atoms with Crippen molar-refractivity contribution < 1.29 is 23.8 Å². The van der Waals surface area contributed by atoms with E-state index in [4.69, 9.17) is 14.3 Å². The molecule has 1 aliphatic rings. The number of carbonyl (C=O) groups is 2. The van der Waals surface area contributed by atoms with Crippen molar-refractivity contribution in [3.63, 3.8) is 0 Å². The van der Waals surface area contributed by atoms with Crippen LogP contribution in [-0.2, 0) is 11.3 Å². The molecule has 7 nitrogen and oxygen atoms in total. The Morgan fingerprint density at radius 2 is 2.14 bits per heavy atom. The molecule has 1 unspecified atom stereocenters. The lowest BCUT2D eigenvalue weighted by Gasteiger charge is -2.22. The molecule has 116 valence electrons. The highest BCUT2D eigenvalue weighted by atomic mass is 16.5. The Hall–Kier alpha value is -2.02. The van der Waals surface area contributed by atoms with Crippen molar-refractivity contribution >= 4 is 12.0 Å². The van der Waals surface area contributed by atoms with Crippen LogP contribution in [0.25, 0.3) is 0 Å². The van der Waals surface area contributed by atoms with E-state index < -0.39 is 5.97 Å². The fraction of sp³-hybridized carbons (Fsp3) is 0.571. The predicted octanol–water partition coefficient (Wildman–Crippen LogP) is 1.74. The van der Waals surface area contributed by atoms with Gasteiger partial charge in [-0.25, -0.2) is 9.59 Å². The Morgan fingerprint density at radius 3 is 2.81 bits per heavy atom. The zero-order valence-corrected chi connectivity index (χ0v) is 11.8. The molecule has 1 aromatic rings. The molecular weight excluding hydrogens is 276 g/mol. The number of aromatic carboxylic acids is 1. The smallest absolute Gasteiger partial charge is 0.371 e. The molecule has 2 heterocycles. The zero-order chi connectivity index (χ0) is 15.1. The van der Waals surface area contributed by atoms with Crippen LogP contribution < -0.4 is 10.6 Å². The first-order valence-electron chi connectivity index (χ1n) is 7.10. The quantitative estimate of drug-likeness (QED) is 0.742. The molecule has 3 N–H and O–H groups in total. The van der Waals surface area contributed by atoms with E-state index in [-0.39, 0.29) is 24.4 Å². The van der Waals surface area contributed by atoms with E-state index in [1.807, 2.05) is 0 Å². The van der Waals surface area contributed by atoms with Crippen molar-refractivity contribution in [2.45, 2.75) is 38.3 Å². The van der Waals surface area contributed by atoms with Crippen molar-refractivity contribution in [3.05, 3.63) is 23.7 Å². The number of furan rings is 1. The van der Waals surface area contributed by atoms with Gasteiger partial charge >= 0.3 is 12.0 Å². The third-order valence-corrected chi connectivity index (χ3v) is 3.32. The second-order valence-corrected chi connectivity index (χ2v) is 4.96. The summed E-state index contributed by atoms with van der Waals surface area (Å²) in [6, 6.07) is 2.58. The molecule has 1 atom stereocenters. The summed E-state index contributed by atoms with van der Waals surface area (Å²) in [6.07, 6.45) is 4.39. The monoisotopic (exact) mass is 296 g/mol. The molecular formula is C14H20N2O5. The summed E-state index contributed by atoms with van der Waals surface area (Å²) in [4.78, 5) is 22.2. The fourth-order valence-electron chi connectivity index (χ4n) is 2.20. The number of carbonyl (C=O) groups excluding carboxylic acids is 1. The second-order valence-electron chi connectivity index (χ2n) is 4.96. The van der Waals surface area contributed by atoms with E-state index >= 15 is 0 Å². The van der Waals surface area contributed by atoms with E-state index in [1.165, 1.54) is 18.6 Å². The number of carboxylic acid groups (broad SMARTS) is 1. The average Bonchev–Trinajstić information content (AvgIpc) is 2.95. The van der Waals surface area contributed by atoms with Gasteiger partial charge in [0, 0.05) is 13.2 Å². The maximum Gasteiger partial charge on any atom is 0.371 e. The highest BCUT2D eigenvalue weighted by molar-refractivity contribution is 5.84. The molecule has 1 aliphatic heterocycles. The SMILES string of the molecule is O=C(NCCC1CCCCO1)NCc1ccc(C(=O)O)o1. The van der Waals surface area contributed by atoms with Crippen molar-refractivity contribution in [1.82, 2.24) is 10.6 Å². The third kappa shape index (κ3) is 5.11. The van der Waals surface area contributed by atoms with Gasteiger partial charge in [0.2, 0.25) is 5.76 Å². The first kappa shape index (κ1) is 15.4. The van der Waals surface area contributed by atoms with Crippen molar-refractivity contribution in [2.24, 2.45) is 0 Å². The summed E-state index contributed by atoms with van der Waals surface area (Å²) in [6.45, 7) is 1.51. The van der Waals surface area contributed by atoms with Gasteiger partial charge in [-0.15, -0.1) is 0 Å². The number of ether oxygens (including phenoxy) is 1. The minimum Gasteiger partial charge on any atom is -0.475 e. The number of urea groups is 1. The molecule has 2 rings (SSSR count). The maximum absolute atomic E-state index is 11.6. The van der Waals surface area contributed by atoms with E-state index in [2.05, 4.69) is 10.6 Å². The Balaban J connectivity index is 1.61. The van der Waals surface area contributed by atoms with E-state index in [0.717, 1.165) is 25.9 Å². The lowest BCUT2D eigenvalue weighted by atomic mass is 10.1. The van der Waals surface area contributed by atoms with Crippen LogP contribution in [0.5, 0.6) is 0 Å². The van der Waals surface area contributed by atoms with E-state index in [1.54, 1.807) is 0 Å². The summed E-state index contributed by atoms with van der Waals surface area (Å²) < 4.78 is 10.6. The lowest BCUT2D eigenvalue weighted by Crippen LogP contribution is -2.37. The summed E-state index contributed by atoms with van der Waals surface area (Å²) in [5.41, 5.74) is 0. The van der Waals surface area contributed by atoms with Crippen LogP contribution >= 0.6 is 0 Å². The molecule has 1 aromatic heterocycles. The summed E-state index contributed by atoms with van der Waals surface area (Å²) in [5, 5.41) is 14.1. The maximum atomic E-state index is 11.6. The van der Waals surface area contributed by atoms with Gasteiger partial charge in [0.05, 0.1) is 12.6 Å². The molecule has 21 heavy (non-hydrogen) atoms. The fourth-order valence-corrected chi connectivity index (χ4v) is 2.20. The molecule has 2 amide bonds. The normalized spacial score (nSPS) is 18.2. The molecule has 7 heteroatoms. The largest absolute Gasteiger partial charge is 0.475 e. The lowest BCUT2D eigenvalue weighted by molar-refractivity contribution is 0.0120. The number of nitrogens with one attached hydrogen (secondary N) is 2. The molecule has 1 saturated heterocycles. The molecule has 0 aromatic carbocycles. The number of carboxylic acids is 1. The Morgan fingerprint density at radius 1 is 1.29 bits per heavy atom. The average molecular weight is 296 g/mol. The topological polar surface area (TPSA) is 101 Å². The summed E-state index contributed by atoms with van der Waals surface area (Å²) in [7, 11) is 0. The molecule has 0 spiro atoms. The minimum absolute atomic E-state index is 0.137. The summed E-state index contributed by atoms with van der Waals surface area (Å²) in [5.74, 6) is -0.863. The van der Waals surface area contributed by atoms with Gasteiger partial charge in [0.25, 0.3) is 0 Å². The van der Waals surface area contributed by atoms with E-state index in [9.17, 15) is 9.59 Å². The van der Waals surface area contributed by atoms with Crippen LogP contribution in [-0.4, -0.2) is 36.4 Å². The van der Waals surface area contributed by atoms with Gasteiger partial charge < -0.3 is 24.9 Å². The van der Waals surface area contributed by atoms with Crippen LogP contribution in [0, 0.1) is 0 Å². The Bertz CT molecular complexity index is 479. The van der Waals surface area contributed by atoms with E-state index in [0.29, 0.717) is 12.3 Å². The van der Waals surface area contributed by atoms with Crippen molar-refractivity contribution in [3.8, 4) is 0 Å². The molecule has 1 fully saturated rings. The molecule has 0 saturated carbocycles. The molecule has 0 aliphatic carbocycles. The van der Waals surface area contributed by atoms with Crippen molar-refractivity contribution in [1.29, 1.82) is 0 Å². The van der Waals surface area contributed by atoms with Gasteiger partial charge in [0.1, 0.15) is 5.76 Å². The van der Waals surface area contributed by atoms with Gasteiger partial charge in [-0.1, -0.05) is 0 Å². The van der Waals surface area contributed by atoms with Crippen molar-refractivity contribution in [2.75, 3.05) is 13.2 Å². The first-order valence-corrected chi connectivity index (χ1v) is 7.10. The number of rotatable bonds is 6. The van der Waals surface area contributed by atoms with Crippen LogP contribution in [0.1, 0.15) is 42.0 Å². The van der Waals surface area contributed by atoms with Crippen LogP contribution in [0.4, 0.5) is 4.79 Å². The van der Waals surface area contributed by atoms with Crippen LogP contribution in [0.2, 0.25) is 0 Å². The molecule has 0 radical (unpaired) electrons. The zero-order valence-electron chi connectivity index (χ0n) is 11.8. The number of hydrogen-bond donors (Lipinski definition) is 3. The predicted molar refractivity (Wildman–Crippen MR) is 74.1 cm³/mol. The standard InChI is InChI=1S/C14H20N2O5/c17-13(18)12-5-4-11(21-12)9-16-14(19)15-7-6-10-3-1-2-8-20-10/h4-5,10H,1-3,6-9H2,(H,17,18)(H2,15,16,19). The Labute approximate surface area is 122 Å². The molecule has 0 bridgehead atoms. The van der Waals surface area contributed by atoms with Gasteiger partial charge in [-0.3, -0.25) is 0 Å². The number of amides is 2. The second kappa shape index (κ2) is 7.68. The minimum atomic E-state index is -1.13. The highest BCUT2D eigenvalue weighted by Crippen LogP contribution is 2.14. The highest BCUT2D eigenvalue weighted by Gasteiger charge is 2.14. The Kier molecular flexibility index (Phi) is 5.62. The van der Waals surface area contributed by atoms with Gasteiger partial charge in [0.15, 0.2) is 0 Å². The summed E-state index contributed by atoms with van der Waals surface area (Å²) >= 11 is 0. The van der Waals surface area contributed by atoms with Gasteiger partial charge in [-0.2, -0.15) is 0 Å². The number of hydrogen-bond acceptors (Lipinski definition) is 4.